The van der Waals surface area contributed by atoms with Crippen molar-refractivity contribution in [3.05, 3.63) is 52.0 Å². The Kier molecular flexibility index (Phi) is 6.92. The Balaban J connectivity index is 2.40. The molecule has 0 aliphatic carbocycles. The fourth-order valence-electron chi connectivity index (χ4n) is 2.68. The summed E-state index contributed by atoms with van der Waals surface area (Å²) in [6, 6.07) is 9.37. The smallest absolute Gasteiger partial charge is 0.258 e. The number of rotatable bonds is 7. The third-order valence-electron chi connectivity index (χ3n) is 4.04. The van der Waals surface area contributed by atoms with Crippen LogP contribution in [0.3, 0.4) is 0 Å². The number of ether oxygens (including phenoxy) is 2. The zero-order chi connectivity index (χ0) is 19.3. The van der Waals surface area contributed by atoms with Gasteiger partial charge in [-0.25, -0.2) is 0 Å². The van der Waals surface area contributed by atoms with Crippen LogP contribution in [0.4, 0.5) is 5.69 Å². The van der Waals surface area contributed by atoms with Crippen molar-refractivity contribution in [3.63, 3.8) is 0 Å². The minimum atomic E-state index is -0.149. The molecule has 0 aliphatic heterocycles. The third kappa shape index (κ3) is 4.50. The second-order valence-corrected chi connectivity index (χ2v) is 6.63. The van der Waals surface area contributed by atoms with Crippen LogP contribution in [-0.2, 0) is 0 Å². The molecule has 0 bridgehead atoms. The zero-order valence-corrected chi connectivity index (χ0v) is 16.8. The van der Waals surface area contributed by atoms with E-state index in [1.54, 1.807) is 24.1 Å². The summed E-state index contributed by atoms with van der Waals surface area (Å²) in [6.45, 7) is 8.89. The summed E-state index contributed by atoms with van der Waals surface area (Å²) in [5.41, 5.74) is 3.47. The molecule has 4 nitrogen and oxygen atoms in total. The molecule has 0 atom stereocenters. The van der Waals surface area contributed by atoms with E-state index in [1.807, 2.05) is 45.9 Å². The van der Waals surface area contributed by atoms with Gasteiger partial charge in [-0.3, -0.25) is 4.79 Å². The average molecular weight is 376 g/mol. The number of nitrogens with zero attached hydrogens (tertiary/aromatic N) is 1. The molecule has 0 heterocycles. The third-order valence-corrected chi connectivity index (χ3v) is 4.32. The van der Waals surface area contributed by atoms with Gasteiger partial charge in [0, 0.05) is 18.3 Å². The van der Waals surface area contributed by atoms with E-state index in [0.29, 0.717) is 35.3 Å². The van der Waals surface area contributed by atoms with E-state index in [2.05, 4.69) is 0 Å². The lowest BCUT2D eigenvalue weighted by Crippen LogP contribution is -2.27. The first-order valence-electron chi connectivity index (χ1n) is 8.83. The predicted octanol–water partition coefficient (Wildman–Crippen LogP) is 5.42. The Bertz CT molecular complexity index is 789. The van der Waals surface area contributed by atoms with E-state index in [4.69, 9.17) is 21.1 Å². The van der Waals surface area contributed by atoms with Crippen LogP contribution in [-0.4, -0.2) is 26.2 Å². The molecule has 0 spiro atoms. The van der Waals surface area contributed by atoms with Crippen molar-refractivity contribution in [2.45, 2.75) is 34.1 Å². The highest BCUT2D eigenvalue weighted by atomic mass is 35.5. The Labute approximate surface area is 160 Å². The summed E-state index contributed by atoms with van der Waals surface area (Å²) in [6.07, 6.45) is 0.859. The lowest BCUT2D eigenvalue weighted by atomic mass is 10.1. The summed E-state index contributed by atoms with van der Waals surface area (Å²) in [7, 11) is 1.76. The average Bonchev–Trinajstić information content (AvgIpc) is 2.62. The number of carbonyl (C=O) groups is 1. The lowest BCUT2D eigenvalue weighted by molar-refractivity contribution is 0.0992. The lowest BCUT2D eigenvalue weighted by Gasteiger charge is -2.21. The fourth-order valence-corrected chi connectivity index (χ4v) is 2.95. The van der Waals surface area contributed by atoms with E-state index in [9.17, 15) is 4.79 Å². The molecule has 26 heavy (non-hydrogen) atoms. The molecule has 0 fully saturated rings. The molecular formula is C21H26ClNO3. The molecule has 0 saturated heterocycles. The first-order valence-corrected chi connectivity index (χ1v) is 9.21. The van der Waals surface area contributed by atoms with Crippen molar-refractivity contribution in [1.29, 1.82) is 0 Å². The molecule has 0 radical (unpaired) electrons. The second-order valence-electron chi connectivity index (χ2n) is 6.22. The van der Waals surface area contributed by atoms with E-state index in [0.717, 1.165) is 23.2 Å². The summed E-state index contributed by atoms with van der Waals surface area (Å²) < 4.78 is 11.4. The van der Waals surface area contributed by atoms with Gasteiger partial charge in [0.2, 0.25) is 0 Å². The molecule has 0 aromatic heterocycles. The maximum absolute atomic E-state index is 13.0. The number of hydrogen-bond donors (Lipinski definition) is 0. The molecule has 0 aliphatic rings. The van der Waals surface area contributed by atoms with Crippen LogP contribution in [0, 0.1) is 13.8 Å². The van der Waals surface area contributed by atoms with E-state index < -0.39 is 0 Å². The zero-order valence-electron chi connectivity index (χ0n) is 16.1. The number of carbonyl (C=O) groups excluding carboxylic acids is 1. The van der Waals surface area contributed by atoms with Crippen molar-refractivity contribution >= 4 is 23.2 Å². The van der Waals surface area contributed by atoms with Gasteiger partial charge in [-0.05, 0) is 56.5 Å². The van der Waals surface area contributed by atoms with Gasteiger partial charge in [0.05, 0.1) is 18.2 Å². The minimum absolute atomic E-state index is 0.149. The van der Waals surface area contributed by atoms with Gasteiger partial charge < -0.3 is 14.4 Å². The largest absolute Gasteiger partial charge is 0.490 e. The number of halogens is 1. The summed E-state index contributed by atoms with van der Waals surface area (Å²) in [5.74, 6) is 0.830. The molecule has 2 rings (SSSR count). The summed E-state index contributed by atoms with van der Waals surface area (Å²) >= 11 is 6.38. The van der Waals surface area contributed by atoms with Crippen LogP contribution in [0.1, 0.15) is 41.8 Å². The van der Waals surface area contributed by atoms with Gasteiger partial charge in [0.15, 0.2) is 11.5 Å². The second kappa shape index (κ2) is 8.95. The van der Waals surface area contributed by atoms with Crippen LogP contribution in [0.25, 0.3) is 0 Å². The summed E-state index contributed by atoms with van der Waals surface area (Å²) in [4.78, 5) is 14.6. The standard InChI is InChI=1S/C21H26ClNO3/c1-6-10-26-20-17(22)12-16(13-19(20)25-7-2)21(24)23(5)18-11-14(3)8-9-15(18)4/h8-9,11-13H,6-7,10H2,1-5H3. The Hall–Kier alpha value is -2.20. The number of anilines is 1. The number of benzene rings is 2. The normalized spacial score (nSPS) is 10.5. The highest BCUT2D eigenvalue weighted by Crippen LogP contribution is 2.37. The molecule has 140 valence electrons. The van der Waals surface area contributed by atoms with Crippen molar-refractivity contribution in [2.75, 3.05) is 25.2 Å². The van der Waals surface area contributed by atoms with Crippen LogP contribution in [0.15, 0.2) is 30.3 Å². The van der Waals surface area contributed by atoms with E-state index >= 15 is 0 Å². The SMILES string of the molecule is CCCOc1c(Cl)cc(C(=O)N(C)c2cc(C)ccc2C)cc1OCC. The van der Waals surface area contributed by atoms with E-state index in [1.165, 1.54) is 0 Å². The Morgan fingerprint density at radius 1 is 1.12 bits per heavy atom. The molecule has 2 aromatic rings. The minimum Gasteiger partial charge on any atom is -0.490 e. The topological polar surface area (TPSA) is 38.8 Å². The Morgan fingerprint density at radius 3 is 2.50 bits per heavy atom. The van der Waals surface area contributed by atoms with Gasteiger partial charge in [0.1, 0.15) is 0 Å². The van der Waals surface area contributed by atoms with E-state index in [-0.39, 0.29) is 5.91 Å². The van der Waals surface area contributed by atoms with Crippen LogP contribution >= 0.6 is 11.6 Å². The molecule has 5 heteroatoms. The molecule has 2 aromatic carbocycles. The van der Waals surface area contributed by atoms with Crippen molar-refractivity contribution in [2.24, 2.45) is 0 Å². The molecule has 0 unspecified atom stereocenters. The first kappa shape index (κ1) is 20.1. The fraction of sp³-hybridized carbons (Fsp3) is 0.381. The molecule has 0 saturated carbocycles. The highest BCUT2D eigenvalue weighted by molar-refractivity contribution is 6.32. The van der Waals surface area contributed by atoms with Gasteiger partial charge in [-0.1, -0.05) is 30.7 Å². The Morgan fingerprint density at radius 2 is 1.85 bits per heavy atom. The number of aryl methyl sites for hydroxylation is 2. The molecular weight excluding hydrogens is 350 g/mol. The van der Waals surface area contributed by atoms with Crippen molar-refractivity contribution in [1.82, 2.24) is 0 Å². The van der Waals surface area contributed by atoms with Crippen LogP contribution in [0.5, 0.6) is 11.5 Å². The number of hydrogen-bond acceptors (Lipinski definition) is 3. The van der Waals surface area contributed by atoms with Crippen LogP contribution in [0.2, 0.25) is 5.02 Å². The molecule has 0 N–H and O–H groups in total. The predicted molar refractivity (Wildman–Crippen MR) is 107 cm³/mol. The van der Waals surface area contributed by atoms with Crippen molar-refractivity contribution < 1.29 is 14.3 Å². The van der Waals surface area contributed by atoms with Gasteiger partial charge in [-0.15, -0.1) is 0 Å². The van der Waals surface area contributed by atoms with Crippen molar-refractivity contribution in [3.8, 4) is 11.5 Å². The highest BCUT2D eigenvalue weighted by Gasteiger charge is 2.20. The number of amides is 1. The molecule has 1 amide bonds. The summed E-state index contributed by atoms with van der Waals surface area (Å²) in [5, 5.41) is 0.377. The first-order chi connectivity index (χ1) is 12.4. The van der Waals surface area contributed by atoms with Gasteiger partial charge in [0.25, 0.3) is 5.91 Å². The maximum Gasteiger partial charge on any atom is 0.258 e. The van der Waals surface area contributed by atoms with Gasteiger partial charge >= 0.3 is 0 Å². The maximum atomic E-state index is 13.0. The van der Waals surface area contributed by atoms with Gasteiger partial charge in [-0.2, -0.15) is 0 Å². The monoisotopic (exact) mass is 375 g/mol. The van der Waals surface area contributed by atoms with Crippen LogP contribution < -0.4 is 14.4 Å². The quantitative estimate of drug-likeness (QED) is 0.648.